The summed E-state index contributed by atoms with van der Waals surface area (Å²) < 4.78 is 5.55. The van der Waals surface area contributed by atoms with E-state index >= 15 is 0 Å². The van der Waals surface area contributed by atoms with E-state index in [1.807, 2.05) is 30.3 Å². The monoisotopic (exact) mass is 379 g/mol. The Morgan fingerprint density at radius 2 is 1.83 bits per heavy atom. The van der Waals surface area contributed by atoms with Crippen LogP contribution in [0.2, 0.25) is 15.1 Å². The summed E-state index contributed by atoms with van der Waals surface area (Å²) in [7, 11) is 1.68. The molecule has 124 valence electrons. The molecule has 2 aromatic carbocycles. The van der Waals surface area contributed by atoms with Crippen LogP contribution in [0.4, 0.5) is 5.69 Å². The molecule has 1 heterocycles. The molecule has 2 aliphatic rings. The molecule has 0 amide bonds. The van der Waals surface area contributed by atoms with Gasteiger partial charge in [-0.15, -0.1) is 0 Å². The topological polar surface area (TPSA) is 21.3 Å². The van der Waals surface area contributed by atoms with Gasteiger partial charge in [-0.1, -0.05) is 53.0 Å². The number of nitrogens with one attached hydrogen (secondary N) is 1. The van der Waals surface area contributed by atoms with E-state index < -0.39 is 0 Å². The minimum Gasteiger partial charge on any atom is -0.495 e. The Bertz CT molecular complexity index is 834. The van der Waals surface area contributed by atoms with E-state index in [0.717, 1.165) is 34.0 Å². The van der Waals surface area contributed by atoms with Crippen molar-refractivity contribution in [3.05, 3.63) is 68.7 Å². The highest BCUT2D eigenvalue weighted by molar-refractivity contribution is 6.42. The Kier molecular flexibility index (Phi) is 4.16. The normalized spacial score (nSPS) is 24.2. The molecule has 0 saturated carbocycles. The number of anilines is 1. The largest absolute Gasteiger partial charge is 0.495 e. The van der Waals surface area contributed by atoms with Crippen molar-refractivity contribution in [2.24, 2.45) is 5.92 Å². The molecule has 0 fully saturated rings. The average Bonchev–Trinajstić information content (AvgIpc) is 3.06. The number of rotatable bonds is 2. The molecule has 2 nitrogen and oxygen atoms in total. The molecule has 1 N–H and O–H groups in total. The highest BCUT2D eigenvalue weighted by Gasteiger charge is 2.40. The highest BCUT2D eigenvalue weighted by atomic mass is 35.5. The predicted octanol–water partition coefficient (Wildman–Crippen LogP) is 6.48. The molecular weight excluding hydrogens is 365 g/mol. The van der Waals surface area contributed by atoms with Crippen LogP contribution in [-0.4, -0.2) is 7.11 Å². The van der Waals surface area contributed by atoms with Crippen molar-refractivity contribution in [2.45, 2.75) is 18.4 Å². The Hall–Kier alpha value is -1.35. The maximum Gasteiger partial charge on any atom is 0.142 e. The van der Waals surface area contributed by atoms with E-state index in [1.165, 1.54) is 0 Å². The molecule has 3 atom stereocenters. The van der Waals surface area contributed by atoms with Gasteiger partial charge in [0, 0.05) is 16.5 Å². The minimum atomic E-state index is 0.125. The zero-order valence-electron chi connectivity index (χ0n) is 13.0. The first-order valence-corrected chi connectivity index (χ1v) is 8.98. The van der Waals surface area contributed by atoms with Crippen LogP contribution in [0.25, 0.3) is 0 Å². The van der Waals surface area contributed by atoms with Crippen molar-refractivity contribution in [3.8, 4) is 5.75 Å². The molecular formula is C19H16Cl3NO. The maximum atomic E-state index is 6.51. The second-order valence-electron chi connectivity index (χ2n) is 6.19. The Morgan fingerprint density at radius 3 is 2.58 bits per heavy atom. The Balaban J connectivity index is 1.85. The molecule has 0 spiro atoms. The second kappa shape index (κ2) is 6.18. The van der Waals surface area contributed by atoms with Crippen molar-refractivity contribution in [1.82, 2.24) is 0 Å². The predicted molar refractivity (Wildman–Crippen MR) is 101 cm³/mol. The maximum absolute atomic E-state index is 6.51. The molecule has 2 aromatic rings. The molecule has 0 bridgehead atoms. The zero-order valence-corrected chi connectivity index (χ0v) is 15.3. The van der Waals surface area contributed by atoms with Crippen molar-refractivity contribution in [1.29, 1.82) is 0 Å². The van der Waals surface area contributed by atoms with Crippen molar-refractivity contribution >= 4 is 40.5 Å². The fourth-order valence-corrected chi connectivity index (χ4v) is 4.43. The third kappa shape index (κ3) is 2.48. The van der Waals surface area contributed by atoms with Crippen LogP contribution in [0.15, 0.2) is 42.5 Å². The Labute approximate surface area is 156 Å². The van der Waals surface area contributed by atoms with Crippen molar-refractivity contribution in [2.75, 3.05) is 12.4 Å². The summed E-state index contributed by atoms with van der Waals surface area (Å²) in [5, 5.41) is 5.55. The van der Waals surface area contributed by atoms with E-state index in [0.29, 0.717) is 16.0 Å². The van der Waals surface area contributed by atoms with Gasteiger partial charge in [-0.05, 0) is 42.2 Å². The fraction of sp³-hybridized carbons (Fsp3) is 0.263. The molecule has 1 aliphatic heterocycles. The van der Waals surface area contributed by atoms with Crippen LogP contribution in [0.1, 0.15) is 29.5 Å². The van der Waals surface area contributed by atoms with Crippen LogP contribution in [0.5, 0.6) is 5.75 Å². The number of hydrogen-bond acceptors (Lipinski definition) is 2. The van der Waals surface area contributed by atoms with Crippen LogP contribution in [0, 0.1) is 5.92 Å². The molecule has 1 aliphatic carbocycles. The average molecular weight is 381 g/mol. The summed E-state index contributed by atoms with van der Waals surface area (Å²) >= 11 is 18.8. The van der Waals surface area contributed by atoms with Gasteiger partial charge in [0.25, 0.3) is 0 Å². The third-order valence-corrected chi connectivity index (χ3v) is 6.02. The van der Waals surface area contributed by atoms with Gasteiger partial charge in [0.15, 0.2) is 0 Å². The number of allylic oxidation sites excluding steroid dienone is 2. The van der Waals surface area contributed by atoms with Gasteiger partial charge in [0.05, 0.1) is 28.9 Å². The lowest BCUT2D eigenvalue weighted by Gasteiger charge is -2.38. The van der Waals surface area contributed by atoms with E-state index in [4.69, 9.17) is 39.5 Å². The third-order valence-electron chi connectivity index (χ3n) is 4.95. The molecule has 4 rings (SSSR count). The number of fused-ring (bicyclic) bond motifs is 3. The zero-order chi connectivity index (χ0) is 16.8. The van der Waals surface area contributed by atoms with Gasteiger partial charge in [-0.2, -0.15) is 0 Å². The number of hydrogen-bond donors (Lipinski definition) is 1. The van der Waals surface area contributed by atoms with Crippen molar-refractivity contribution < 1.29 is 4.74 Å². The SMILES string of the molecule is COc1ccc(Cl)c2c1N[C@H](c1ccc(Cl)c(Cl)c1)[C@H]1CC=C[C@@H]21. The standard InChI is InChI=1S/C19H16Cl3NO/c1-24-16-8-7-14(21)17-11-3-2-4-12(11)18(23-19(16)17)10-5-6-13(20)15(22)9-10/h2-3,5-9,11-12,18,23H,4H2,1H3/t11-,12+,18-/m1/s1. The summed E-state index contributed by atoms with van der Waals surface area (Å²) in [5.74, 6) is 1.46. The smallest absolute Gasteiger partial charge is 0.142 e. The molecule has 0 unspecified atom stereocenters. The summed E-state index contributed by atoms with van der Waals surface area (Å²) in [4.78, 5) is 0. The van der Waals surface area contributed by atoms with Gasteiger partial charge < -0.3 is 10.1 Å². The first-order valence-electron chi connectivity index (χ1n) is 7.84. The molecule has 0 radical (unpaired) electrons. The van der Waals surface area contributed by atoms with Gasteiger partial charge in [0.1, 0.15) is 5.75 Å². The molecule has 24 heavy (non-hydrogen) atoms. The first-order chi connectivity index (χ1) is 11.6. The summed E-state index contributed by atoms with van der Waals surface area (Å²) in [6.07, 6.45) is 5.47. The van der Waals surface area contributed by atoms with Crippen LogP contribution in [-0.2, 0) is 0 Å². The van der Waals surface area contributed by atoms with Crippen LogP contribution >= 0.6 is 34.8 Å². The van der Waals surface area contributed by atoms with Gasteiger partial charge >= 0.3 is 0 Å². The molecule has 5 heteroatoms. The number of ether oxygens (including phenoxy) is 1. The number of benzene rings is 2. The first kappa shape index (κ1) is 16.1. The van der Waals surface area contributed by atoms with Gasteiger partial charge in [-0.3, -0.25) is 0 Å². The van der Waals surface area contributed by atoms with E-state index in [-0.39, 0.29) is 12.0 Å². The quantitative estimate of drug-likeness (QED) is 0.602. The summed E-state index contributed by atoms with van der Waals surface area (Å²) in [6.45, 7) is 0. The lowest BCUT2D eigenvalue weighted by atomic mass is 9.77. The minimum absolute atomic E-state index is 0.125. The summed E-state index contributed by atoms with van der Waals surface area (Å²) in [5.41, 5.74) is 3.20. The lowest BCUT2D eigenvalue weighted by molar-refractivity contribution is 0.397. The number of methoxy groups -OCH3 is 1. The van der Waals surface area contributed by atoms with Gasteiger partial charge in [-0.25, -0.2) is 0 Å². The van der Waals surface area contributed by atoms with Crippen LogP contribution in [0.3, 0.4) is 0 Å². The van der Waals surface area contributed by atoms with E-state index in [2.05, 4.69) is 17.5 Å². The van der Waals surface area contributed by atoms with E-state index in [9.17, 15) is 0 Å². The number of halogens is 3. The summed E-state index contributed by atoms with van der Waals surface area (Å²) in [6, 6.07) is 9.76. The second-order valence-corrected chi connectivity index (χ2v) is 7.41. The van der Waals surface area contributed by atoms with Crippen molar-refractivity contribution in [3.63, 3.8) is 0 Å². The van der Waals surface area contributed by atoms with E-state index in [1.54, 1.807) is 7.11 Å². The van der Waals surface area contributed by atoms with Gasteiger partial charge in [0.2, 0.25) is 0 Å². The lowest BCUT2D eigenvalue weighted by Crippen LogP contribution is -2.29. The Morgan fingerprint density at radius 1 is 1.04 bits per heavy atom. The van der Waals surface area contributed by atoms with Crippen LogP contribution < -0.4 is 10.1 Å². The molecule has 0 aromatic heterocycles. The fourth-order valence-electron chi connectivity index (χ4n) is 3.84. The highest BCUT2D eigenvalue weighted by Crippen LogP contribution is 2.54. The molecule has 0 saturated heterocycles.